The van der Waals surface area contributed by atoms with Crippen LogP contribution in [0.3, 0.4) is 0 Å². The topological polar surface area (TPSA) is 23.6 Å². The van der Waals surface area contributed by atoms with Crippen molar-refractivity contribution in [2.45, 2.75) is 116 Å². The Labute approximate surface area is 213 Å². The molecule has 1 saturated heterocycles. The molecule has 0 aromatic heterocycles. The molecule has 3 rings (SSSR count). The number of para-hydroxylation sites is 1. The van der Waals surface area contributed by atoms with Crippen LogP contribution in [-0.2, 0) is 24.8 Å². The van der Waals surface area contributed by atoms with Crippen molar-refractivity contribution in [3.63, 3.8) is 0 Å². The van der Waals surface area contributed by atoms with Gasteiger partial charge in [-0.05, 0) is 41.8 Å². The molecule has 0 bridgehead atoms. The van der Waals surface area contributed by atoms with E-state index in [9.17, 15) is 4.79 Å². The summed E-state index contributed by atoms with van der Waals surface area (Å²) >= 11 is 1.75. The van der Waals surface area contributed by atoms with E-state index in [1.54, 1.807) is 20.0 Å². The number of rotatable bonds is 4. The number of anilines is 1. The molecule has 1 aromatic carbocycles. The summed E-state index contributed by atoms with van der Waals surface area (Å²) in [5.41, 5.74) is 3.71. The predicted octanol–water partition coefficient (Wildman–Crippen LogP) is 8.06. The zero-order valence-electron chi connectivity index (χ0n) is 20.5. The van der Waals surface area contributed by atoms with Crippen molar-refractivity contribution < 1.29 is 24.8 Å². The molecule has 0 atom stereocenters. The summed E-state index contributed by atoms with van der Waals surface area (Å²) in [4.78, 5) is 17.6. The summed E-state index contributed by atoms with van der Waals surface area (Å²) in [6, 6.07) is 7.06. The average molecular weight is 644 g/mol. The Kier molecular flexibility index (Phi) is 12.9. The number of hydrogen-bond donors (Lipinski definition) is 0. The van der Waals surface area contributed by atoms with Crippen molar-refractivity contribution in [1.29, 1.82) is 0 Å². The second-order valence-electron chi connectivity index (χ2n) is 10.1. The Morgan fingerprint density at radius 1 is 0.844 bits per heavy atom. The SMILES string of the molecule is CC(C)c1cccc(C(C)C)c1N1[CH-]N(C2CCCCCCCCCCC2)CC1=O.[Cl][Au]. The molecule has 186 valence electrons. The van der Waals surface area contributed by atoms with Crippen LogP contribution >= 0.6 is 9.19 Å². The van der Waals surface area contributed by atoms with Gasteiger partial charge in [0.05, 0.1) is 6.54 Å². The van der Waals surface area contributed by atoms with Gasteiger partial charge in [-0.15, -0.1) is 0 Å². The molecule has 1 heterocycles. The zero-order chi connectivity index (χ0) is 23.5. The number of benzene rings is 1. The van der Waals surface area contributed by atoms with Gasteiger partial charge in [-0.25, -0.2) is 0 Å². The molecular formula is C27H43AuClN2O-. The van der Waals surface area contributed by atoms with Crippen LogP contribution in [0.25, 0.3) is 0 Å². The summed E-state index contributed by atoms with van der Waals surface area (Å²) in [6.07, 6.45) is 14.7. The van der Waals surface area contributed by atoms with Gasteiger partial charge in [-0.1, -0.05) is 104 Å². The molecule has 3 nitrogen and oxygen atoms in total. The molecule has 0 unspecified atom stereocenters. The van der Waals surface area contributed by atoms with Crippen molar-refractivity contribution in [3.8, 4) is 0 Å². The van der Waals surface area contributed by atoms with Gasteiger partial charge in [-0.3, -0.25) is 4.79 Å². The first kappa shape index (κ1) is 27.9. The van der Waals surface area contributed by atoms with Crippen LogP contribution in [0, 0.1) is 6.67 Å². The van der Waals surface area contributed by atoms with E-state index in [4.69, 9.17) is 0 Å². The summed E-state index contributed by atoms with van der Waals surface area (Å²) < 4.78 is 0. The van der Waals surface area contributed by atoms with Crippen molar-refractivity contribution in [1.82, 2.24) is 4.90 Å². The quantitative estimate of drug-likeness (QED) is 0.245. The maximum absolute atomic E-state index is 13.2. The molecule has 2 aliphatic rings. The summed E-state index contributed by atoms with van der Waals surface area (Å²) in [6.45, 7) is 11.6. The minimum absolute atomic E-state index is 0.233. The van der Waals surface area contributed by atoms with Crippen molar-refractivity contribution >= 4 is 20.8 Å². The molecule has 1 aliphatic heterocycles. The monoisotopic (exact) mass is 643 g/mol. The van der Waals surface area contributed by atoms with Crippen LogP contribution < -0.4 is 4.90 Å². The summed E-state index contributed by atoms with van der Waals surface area (Å²) in [5, 5.41) is 0. The van der Waals surface area contributed by atoms with E-state index in [1.165, 1.54) is 81.8 Å². The Hall–Kier alpha value is -0.320. The van der Waals surface area contributed by atoms with E-state index < -0.39 is 0 Å². The van der Waals surface area contributed by atoms with Gasteiger partial charge in [0.15, 0.2) is 0 Å². The van der Waals surface area contributed by atoms with Gasteiger partial charge in [-0.2, -0.15) is 6.67 Å². The van der Waals surface area contributed by atoms with Crippen molar-refractivity contribution in [2.24, 2.45) is 0 Å². The molecule has 1 amide bonds. The van der Waals surface area contributed by atoms with Gasteiger partial charge in [0, 0.05) is 5.69 Å². The second kappa shape index (κ2) is 14.8. The van der Waals surface area contributed by atoms with Gasteiger partial charge in [0.1, 0.15) is 0 Å². The van der Waals surface area contributed by atoms with E-state index in [0.717, 1.165) is 5.69 Å². The number of halogens is 1. The van der Waals surface area contributed by atoms with Crippen LogP contribution in [0.1, 0.15) is 121 Å². The molecule has 1 aromatic rings. The average Bonchev–Trinajstić information content (AvgIpc) is 3.16. The first-order valence-corrected chi connectivity index (χ1v) is 15.3. The van der Waals surface area contributed by atoms with E-state index in [2.05, 4.69) is 66.7 Å². The van der Waals surface area contributed by atoms with Crippen LogP contribution in [-0.4, -0.2) is 23.4 Å². The van der Waals surface area contributed by atoms with Gasteiger partial charge >= 0.3 is 29.2 Å². The molecule has 0 radical (unpaired) electrons. The number of carbonyl (C=O) groups is 1. The Balaban J connectivity index is 0.00000176. The van der Waals surface area contributed by atoms with Crippen LogP contribution in [0.2, 0.25) is 0 Å². The molecule has 0 spiro atoms. The Morgan fingerprint density at radius 3 is 1.72 bits per heavy atom. The van der Waals surface area contributed by atoms with E-state index in [-0.39, 0.29) is 5.91 Å². The van der Waals surface area contributed by atoms with E-state index in [0.29, 0.717) is 24.4 Å². The minimum atomic E-state index is 0.233. The van der Waals surface area contributed by atoms with Gasteiger partial charge < -0.3 is 9.80 Å². The third-order valence-electron chi connectivity index (χ3n) is 6.98. The predicted molar refractivity (Wildman–Crippen MR) is 134 cm³/mol. The van der Waals surface area contributed by atoms with Crippen LogP contribution in [0.4, 0.5) is 5.69 Å². The fourth-order valence-electron chi connectivity index (χ4n) is 5.15. The van der Waals surface area contributed by atoms with Crippen LogP contribution in [0.5, 0.6) is 0 Å². The zero-order valence-corrected chi connectivity index (χ0v) is 23.4. The molecule has 0 N–H and O–H groups in total. The molecule has 5 heteroatoms. The van der Waals surface area contributed by atoms with Gasteiger partial charge in [0.25, 0.3) is 0 Å². The molecular weight excluding hydrogens is 601 g/mol. The van der Waals surface area contributed by atoms with E-state index >= 15 is 0 Å². The van der Waals surface area contributed by atoms with Crippen LogP contribution in [0.15, 0.2) is 18.2 Å². The fourth-order valence-corrected chi connectivity index (χ4v) is 5.15. The summed E-state index contributed by atoms with van der Waals surface area (Å²) in [7, 11) is 4.58. The number of carbonyl (C=O) groups excluding carboxylic acids is 1. The van der Waals surface area contributed by atoms with Crippen molar-refractivity contribution in [3.05, 3.63) is 36.0 Å². The number of hydrogen-bond acceptors (Lipinski definition) is 2. The molecule has 2 fully saturated rings. The molecule has 32 heavy (non-hydrogen) atoms. The van der Waals surface area contributed by atoms with Gasteiger partial charge in [0.2, 0.25) is 5.91 Å². The maximum atomic E-state index is 13.2. The Morgan fingerprint density at radius 2 is 1.28 bits per heavy atom. The fraction of sp³-hybridized carbons (Fsp3) is 0.704. The standard InChI is InChI=1S/C27H43N2O.Au.ClH/c1-21(2)24-17-14-18-25(22(3)4)27(24)29-20-28(19-26(29)30)23-15-12-10-8-6-5-7-9-11-13-16-23;;/h14,17-18,20-23H,5-13,15-16,19H2,1-4H3;;1H/q-1;+1;/p-1. The summed E-state index contributed by atoms with van der Waals surface area (Å²) in [5.74, 6) is 1.03. The third kappa shape index (κ3) is 7.87. The number of amides is 1. The second-order valence-corrected chi connectivity index (χ2v) is 10.1. The first-order chi connectivity index (χ1) is 15.5. The normalized spacial score (nSPS) is 20.2. The number of nitrogens with zero attached hydrogens (tertiary/aromatic N) is 2. The third-order valence-corrected chi connectivity index (χ3v) is 6.98. The Bertz CT molecular complexity index is 656. The van der Waals surface area contributed by atoms with Crippen molar-refractivity contribution in [2.75, 3.05) is 11.4 Å². The molecule has 1 saturated carbocycles. The molecule has 1 aliphatic carbocycles. The first-order valence-electron chi connectivity index (χ1n) is 12.7. The van der Waals surface area contributed by atoms with E-state index in [1.807, 2.05) is 4.90 Å².